The predicted octanol–water partition coefficient (Wildman–Crippen LogP) is 3.89. The minimum absolute atomic E-state index is 0.131. The van der Waals surface area contributed by atoms with Crippen LogP contribution in [0.5, 0.6) is 0 Å². The molecule has 0 radical (unpaired) electrons. The smallest absolute Gasteiger partial charge is 0.0681 e. The van der Waals surface area contributed by atoms with Crippen LogP contribution in [0.1, 0.15) is 50.2 Å². The summed E-state index contributed by atoms with van der Waals surface area (Å²) in [6, 6.07) is 6.98. The molecule has 1 aliphatic carbocycles. The Hall–Kier alpha value is -1.02. The molecule has 0 heterocycles. The number of aliphatic hydroxyl groups excluding tert-OH is 1. The Balaban J connectivity index is 2.05. The Morgan fingerprint density at radius 1 is 1.21 bits per heavy atom. The molecule has 1 aromatic rings. The molecule has 1 aliphatic rings. The lowest BCUT2D eigenvalue weighted by Crippen LogP contribution is -2.35. The Bertz CT molecular complexity index is 408. The summed E-state index contributed by atoms with van der Waals surface area (Å²) in [5.41, 5.74) is 3.59. The number of hydrogen-bond acceptors (Lipinski definition) is 2. The maximum absolute atomic E-state index is 9.18. The second kappa shape index (κ2) is 6.42. The molecular weight excluding hydrogens is 234 g/mol. The average Bonchev–Trinajstić information content (AvgIpc) is 2.46. The average molecular weight is 261 g/mol. The maximum Gasteiger partial charge on any atom is 0.0681 e. The van der Waals surface area contributed by atoms with Gasteiger partial charge in [0.2, 0.25) is 0 Å². The zero-order valence-electron chi connectivity index (χ0n) is 12.5. The van der Waals surface area contributed by atoms with Gasteiger partial charge in [0.25, 0.3) is 0 Å². The molecule has 1 N–H and O–H groups in total. The first-order chi connectivity index (χ1) is 9.15. The van der Waals surface area contributed by atoms with Crippen LogP contribution in [0.2, 0.25) is 0 Å². The Labute approximate surface area is 117 Å². The van der Waals surface area contributed by atoms with Gasteiger partial charge < -0.3 is 10.0 Å². The first-order valence-corrected chi connectivity index (χ1v) is 7.59. The summed E-state index contributed by atoms with van der Waals surface area (Å²) in [6.07, 6.45) is 6.71. The summed E-state index contributed by atoms with van der Waals surface area (Å²) in [7, 11) is 2.22. The van der Waals surface area contributed by atoms with E-state index in [2.05, 4.69) is 37.9 Å². The van der Waals surface area contributed by atoms with Crippen molar-refractivity contribution in [1.82, 2.24) is 0 Å². The molecule has 0 amide bonds. The predicted molar refractivity (Wildman–Crippen MR) is 81.5 cm³/mol. The van der Waals surface area contributed by atoms with Crippen LogP contribution in [-0.4, -0.2) is 18.2 Å². The molecule has 19 heavy (non-hydrogen) atoms. The molecule has 2 heteroatoms. The third-order valence-corrected chi connectivity index (χ3v) is 4.77. The van der Waals surface area contributed by atoms with Crippen LogP contribution in [0.4, 0.5) is 5.69 Å². The summed E-state index contributed by atoms with van der Waals surface area (Å²) in [5.74, 6) is 0.947. The van der Waals surface area contributed by atoms with E-state index in [1.165, 1.54) is 43.4 Å². The zero-order valence-corrected chi connectivity index (χ0v) is 12.5. The van der Waals surface area contributed by atoms with Gasteiger partial charge in [0.15, 0.2) is 0 Å². The second-order valence-electron chi connectivity index (χ2n) is 5.97. The van der Waals surface area contributed by atoms with Crippen molar-refractivity contribution in [3.8, 4) is 0 Å². The highest BCUT2D eigenvalue weighted by atomic mass is 16.3. The molecule has 2 rings (SSSR count). The lowest BCUT2D eigenvalue weighted by Gasteiger charge is -2.36. The third kappa shape index (κ3) is 3.30. The van der Waals surface area contributed by atoms with Gasteiger partial charge in [-0.3, -0.25) is 0 Å². The van der Waals surface area contributed by atoms with Crippen molar-refractivity contribution in [2.75, 3.05) is 11.9 Å². The van der Waals surface area contributed by atoms with Gasteiger partial charge in [-0.2, -0.15) is 0 Å². The molecule has 0 spiro atoms. The molecule has 0 saturated heterocycles. The number of nitrogens with zero attached hydrogens (tertiary/aromatic N) is 1. The van der Waals surface area contributed by atoms with E-state index in [0.717, 1.165) is 11.5 Å². The fourth-order valence-electron chi connectivity index (χ4n) is 3.35. The van der Waals surface area contributed by atoms with E-state index in [1.54, 1.807) is 0 Å². The van der Waals surface area contributed by atoms with Gasteiger partial charge in [-0.05, 0) is 55.7 Å². The summed E-state index contributed by atoms with van der Waals surface area (Å²) >= 11 is 0. The van der Waals surface area contributed by atoms with E-state index in [1.807, 2.05) is 6.07 Å². The van der Waals surface area contributed by atoms with Crippen LogP contribution < -0.4 is 4.90 Å². The van der Waals surface area contributed by atoms with E-state index in [-0.39, 0.29) is 6.61 Å². The Morgan fingerprint density at radius 3 is 2.42 bits per heavy atom. The molecule has 0 atom stereocenters. The lowest BCUT2D eigenvalue weighted by atomic mass is 9.84. The van der Waals surface area contributed by atoms with Crippen molar-refractivity contribution in [2.45, 2.75) is 58.6 Å². The molecule has 1 fully saturated rings. The number of hydrogen-bond donors (Lipinski definition) is 1. The van der Waals surface area contributed by atoms with Crippen LogP contribution >= 0.6 is 0 Å². The van der Waals surface area contributed by atoms with Crippen molar-refractivity contribution in [3.63, 3.8) is 0 Å². The van der Waals surface area contributed by atoms with E-state index >= 15 is 0 Å². The van der Waals surface area contributed by atoms with Crippen molar-refractivity contribution < 1.29 is 5.11 Å². The van der Waals surface area contributed by atoms with Gasteiger partial charge in [-0.1, -0.05) is 25.5 Å². The SMILES string of the molecule is CCC1CCC(N(C)c2ccc(CO)cc2C)CC1. The molecule has 0 unspecified atom stereocenters. The normalized spacial score (nSPS) is 23.4. The first kappa shape index (κ1) is 14.4. The molecule has 1 saturated carbocycles. The fourth-order valence-corrected chi connectivity index (χ4v) is 3.35. The van der Waals surface area contributed by atoms with Crippen LogP contribution in [0.25, 0.3) is 0 Å². The number of rotatable bonds is 4. The van der Waals surface area contributed by atoms with E-state index in [0.29, 0.717) is 6.04 Å². The van der Waals surface area contributed by atoms with Gasteiger partial charge in [0, 0.05) is 18.8 Å². The minimum Gasteiger partial charge on any atom is -0.392 e. The summed E-state index contributed by atoms with van der Waals surface area (Å²) < 4.78 is 0. The Morgan fingerprint density at radius 2 is 1.89 bits per heavy atom. The summed E-state index contributed by atoms with van der Waals surface area (Å²) in [5, 5.41) is 9.18. The van der Waals surface area contributed by atoms with Gasteiger partial charge in [0.1, 0.15) is 0 Å². The maximum atomic E-state index is 9.18. The highest BCUT2D eigenvalue weighted by molar-refractivity contribution is 5.54. The topological polar surface area (TPSA) is 23.5 Å². The fraction of sp³-hybridized carbons (Fsp3) is 0.647. The van der Waals surface area contributed by atoms with Crippen LogP contribution in [0.3, 0.4) is 0 Å². The largest absolute Gasteiger partial charge is 0.392 e. The minimum atomic E-state index is 0.131. The van der Waals surface area contributed by atoms with Crippen molar-refractivity contribution in [3.05, 3.63) is 29.3 Å². The van der Waals surface area contributed by atoms with Gasteiger partial charge in [-0.25, -0.2) is 0 Å². The standard InChI is InChI=1S/C17H27NO/c1-4-14-5-8-16(9-6-14)18(3)17-10-7-15(12-19)11-13(17)2/h7,10-11,14,16,19H,4-6,8-9,12H2,1-3H3. The van der Waals surface area contributed by atoms with Gasteiger partial charge in [-0.15, -0.1) is 0 Å². The third-order valence-electron chi connectivity index (χ3n) is 4.77. The number of anilines is 1. The first-order valence-electron chi connectivity index (χ1n) is 7.59. The van der Waals surface area contributed by atoms with Crippen LogP contribution in [0.15, 0.2) is 18.2 Å². The monoisotopic (exact) mass is 261 g/mol. The highest BCUT2D eigenvalue weighted by Gasteiger charge is 2.23. The van der Waals surface area contributed by atoms with Crippen molar-refractivity contribution in [1.29, 1.82) is 0 Å². The van der Waals surface area contributed by atoms with E-state index in [9.17, 15) is 5.11 Å². The molecule has 0 aromatic heterocycles. The molecule has 2 nitrogen and oxygen atoms in total. The van der Waals surface area contributed by atoms with Crippen LogP contribution in [-0.2, 0) is 6.61 Å². The van der Waals surface area contributed by atoms with Gasteiger partial charge >= 0.3 is 0 Å². The molecule has 1 aromatic carbocycles. The quantitative estimate of drug-likeness (QED) is 0.888. The number of benzene rings is 1. The molecular formula is C17H27NO. The zero-order chi connectivity index (χ0) is 13.8. The summed E-state index contributed by atoms with van der Waals surface area (Å²) in [6.45, 7) is 4.58. The lowest BCUT2D eigenvalue weighted by molar-refractivity contribution is 0.281. The van der Waals surface area contributed by atoms with Crippen molar-refractivity contribution in [2.24, 2.45) is 5.92 Å². The van der Waals surface area contributed by atoms with Crippen molar-refractivity contribution >= 4 is 5.69 Å². The van der Waals surface area contributed by atoms with E-state index in [4.69, 9.17) is 0 Å². The van der Waals surface area contributed by atoms with Gasteiger partial charge in [0.05, 0.1) is 6.61 Å². The second-order valence-corrected chi connectivity index (χ2v) is 5.97. The molecule has 0 aliphatic heterocycles. The molecule has 0 bridgehead atoms. The van der Waals surface area contributed by atoms with E-state index < -0.39 is 0 Å². The summed E-state index contributed by atoms with van der Waals surface area (Å²) in [4.78, 5) is 2.45. The number of aliphatic hydroxyl groups is 1. The highest BCUT2D eigenvalue weighted by Crippen LogP contribution is 2.32. The Kier molecular flexibility index (Phi) is 4.87. The van der Waals surface area contributed by atoms with Crippen LogP contribution in [0, 0.1) is 12.8 Å². The molecule has 106 valence electrons. The number of aryl methyl sites for hydroxylation is 1.